The van der Waals surface area contributed by atoms with Gasteiger partial charge in [0.05, 0.1) is 10.2 Å². The van der Waals surface area contributed by atoms with Crippen LogP contribution in [0.2, 0.25) is 0 Å². The van der Waals surface area contributed by atoms with Gasteiger partial charge >= 0.3 is 0 Å². The monoisotopic (exact) mass is 379 g/mol. The Kier molecular flexibility index (Phi) is 5.98. The predicted octanol–water partition coefficient (Wildman–Crippen LogP) is 4.43. The number of para-hydroxylation sites is 1. The number of hydrogen-bond acceptors (Lipinski definition) is 4. The fourth-order valence-electron chi connectivity index (χ4n) is 2.68. The van der Waals surface area contributed by atoms with Crippen molar-refractivity contribution in [3.05, 3.63) is 65.2 Å². The van der Waals surface area contributed by atoms with Gasteiger partial charge < -0.3 is 10.2 Å². The summed E-state index contributed by atoms with van der Waals surface area (Å²) in [6.07, 6.45) is 3.17. The standard InChI is InChI=1S/C21H21N3O2S/c1-3-24(4-2)21(26)15-9-11-16(12-10-15)22-19(25)13-14-20-23-17-7-5-6-8-18(17)27-20/h5-14H,3-4H2,1-2H3,(H,22,25)/b14-13+. The average molecular weight is 379 g/mol. The number of hydrogen-bond donors (Lipinski definition) is 1. The van der Waals surface area contributed by atoms with Crippen LogP contribution in [0.4, 0.5) is 5.69 Å². The lowest BCUT2D eigenvalue weighted by Gasteiger charge is -2.18. The van der Waals surface area contributed by atoms with Crippen molar-refractivity contribution in [1.29, 1.82) is 0 Å². The van der Waals surface area contributed by atoms with Gasteiger partial charge in [0.15, 0.2) is 0 Å². The van der Waals surface area contributed by atoms with E-state index in [1.807, 2.05) is 38.1 Å². The Hall–Kier alpha value is -2.99. The zero-order chi connectivity index (χ0) is 19.2. The lowest BCUT2D eigenvalue weighted by molar-refractivity contribution is -0.111. The molecule has 0 aliphatic carbocycles. The molecule has 0 saturated heterocycles. The predicted molar refractivity (Wildman–Crippen MR) is 111 cm³/mol. The van der Waals surface area contributed by atoms with Crippen LogP contribution in [-0.4, -0.2) is 34.8 Å². The van der Waals surface area contributed by atoms with Crippen LogP contribution >= 0.6 is 11.3 Å². The number of aromatic nitrogens is 1. The van der Waals surface area contributed by atoms with Crippen LogP contribution in [0.1, 0.15) is 29.2 Å². The van der Waals surface area contributed by atoms with Crippen LogP contribution in [0.3, 0.4) is 0 Å². The number of amides is 2. The lowest BCUT2D eigenvalue weighted by Crippen LogP contribution is -2.30. The molecule has 0 fully saturated rings. The van der Waals surface area contributed by atoms with Gasteiger partial charge in [-0.2, -0.15) is 0 Å². The summed E-state index contributed by atoms with van der Waals surface area (Å²) in [6, 6.07) is 14.8. The molecule has 0 bridgehead atoms. The summed E-state index contributed by atoms with van der Waals surface area (Å²) in [4.78, 5) is 30.6. The van der Waals surface area contributed by atoms with E-state index < -0.39 is 0 Å². The second-order valence-electron chi connectivity index (χ2n) is 5.90. The highest BCUT2D eigenvalue weighted by Crippen LogP contribution is 2.22. The van der Waals surface area contributed by atoms with Gasteiger partial charge in [0, 0.05) is 30.4 Å². The summed E-state index contributed by atoms with van der Waals surface area (Å²) in [5.41, 5.74) is 2.18. The molecule has 2 aromatic carbocycles. The highest BCUT2D eigenvalue weighted by Gasteiger charge is 2.12. The maximum absolute atomic E-state index is 12.3. The van der Waals surface area contributed by atoms with E-state index in [1.165, 1.54) is 17.4 Å². The molecule has 27 heavy (non-hydrogen) atoms. The van der Waals surface area contributed by atoms with Crippen molar-refractivity contribution >= 4 is 45.1 Å². The third-order valence-electron chi connectivity index (χ3n) is 4.14. The number of benzene rings is 2. The van der Waals surface area contributed by atoms with E-state index >= 15 is 0 Å². The first-order valence-electron chi connectivity index (χ1n) is 8.84. The summed E-state index contributed by atoms with van der Waals surface area (Å²) in [5, 5.41) is 3.58. The van der Waals surface area contributed by atoms with Crippen molar-refractivity contribution in [2.75, 3.05) is 18.4 Å². The molecule has 6 heteroatoms. The largest absolute Gasteiger partial charge is 0.339 e. The summed E-state index contributed by atoms with van der Waals surface area (Å²) in [7, 11) is 0. The molecule has 0 spiro atoms. The normalized spacial score (nSPS) is 11.0. The molecule has 1 N–H and O–H groups in total. The Bertz CT molecular complexity index is 940. The minimum atomic E-state index is -0.239. The van der Waals surface area contributed by atoms with E-state index in [1.54, 1.807) is 35.2 Å². The molecule has 0 atom stereocenters. The van der Waals surface area contributed by atoms with Gasteiger partial charge in [-0.1, -0.05) is 12.1 Å². The molecule has 0 unspecified atom stereocenters. The Morgan fingerprint density at radius 1 is 1.07 bits per heavy atom. The minimum absolute atomic E-state index is 0.00592. The second-order valence-corrected chi connectivity index (χ2v) is 6.96. The maximum Gasteiger partial charge on any atom is 0.253 e. The number of carbonyl (C=O) groups excluding carboxylic acids is 2. The lowest BCUT2D eigenvalue weighted by atomic mass is 10.1. The Morgan fingerprint density at radius 2 is 1.78 bits per heavy atom. The minimum Gasteiger partial charge on any atom is -0.339 e. The van der Waals surface area contributed by atoms with Gasteiger partial charge in [-0.3, -0.25) is 9.59 Å². The van der Waals surface area contributed by atoms with E-state index in [0.717, 1.165) is 15.2 Å². The molecular weight excluding hydrogens is 358 g/mol. The SMILES string of the molecule is CCN(CC)C(=O)c1ccc(NC(=O)/C=C/c2nc3ccccc3s2)cc1. The quantitative estimate of drug-likeness (QED) is 0.645. The number of anilines is 1. The van der Waals surface area contributed by atoms with Gasteiger partial charge in [0.25, 0.3) is 5.91 Å². The molecule has 1 aromatic heterocycles. The van der Waals surface area contributed by atoms with Gasteiger partial charge in [0.1, 0.15) is 5.01 Å². The van der Waals surface area contributed by atoms with Crippen molar-refractivity contribution < 1.29 is 9.59 Å². The molecule has 1 heterocycles. The van der Waals surface area contributed by atoms with Crippen molar-refractivity contribution in [1.82, 2.24) is 9.88 Å². The third-order valence-corrected chi connectivity index (χ3v) is 5.14. The molecule has 3 aromatic rings. The summed E-state index contributed by atoms with van der Waals surface area (Å²) < 4.78 is 1.09. The molecule has 0 aliphatic rings. The number of fused-ring (bicyclic) bond motifs is 1. The molecule has 0 aliphatic heterocycles. The van der Waals surface area contributed by atoms with E-state index in [4.69, 9.17) is 0 Å². The molecule has 3 rings (SSSR count). The molecule has 0 saturated carbocycles. The Labute approximate surface area is 162 Å². The third kappa shape index (κ3) is 4.60. The number of carbonyl (C=O) groups is 2. The number of rotatable bonds is 6. The highest BCUT2D eigenvalue weighted by molar-refractivity contribution is 7.19. The van der Waals surface area contributed by atoms with E-state index in [2.05, 4.69) is 10.3 Å². The van der Waals surface area contributed by atoms with Crippen LogP contribution in [0, 0.1) is 0 Å². The zero-order valence-corrected chi connectivity index (χ0v) is 16.1. The van der Waals surface area contributed by atoms with Crippen molar-refractivity contribution in [2.45, 2.75) is 13.8 Å². The van der Waals surface area contributed by atoms with Crippen LogP contribution in [-0.2, 0) is 4.79 Å². The molecular formula is C21H21N3O2S. The van der Waals surface area contributed by atoms with Crippen molar-refractivity contribution in [2.24, 2.45) is 0 Å². The van der Waals surface area contributed by atoms with Crippen LogP contribution < -0.4 is 5.32 Å². The fourth-order valence-corrected chi connectivity index (χ4v) is 3.55. The summed E-state index contributed by atoms with van der Waals surface area (Å²) in [6.45, 7) is 5.25. The Morgan fingerprint density at radius 3 is 2.44 bits per heavy atom. The average Bonchev–Trinajstić information content (AvgIpc) is 3.11. The highest BCUT2D eigenvalue weighted by atomic mass is 32.1. The van der Waals surface area contributed by atoms with Crippen LogP contribution in [0.5, 0.6) is 0 Å². The number of nitrogens with zero attached hydrogens (tertiary/aromatic N) is 2. The van der Waals surface area contributed by atoms with Crippen LogP contribution in [0.15, 0.2) is 54.6 Å². The second kappa shape index (κ2) is 8.60. The van der Waals surface area contributed by atoms with Crippen LogP contribution in [0.25, 0.3) is 16.3 Å². The molecule has 138 valence electrons. The van der Waals surface area contributed by atoms with E-state index in [9.17, 15) is 9.59 Å². The first-order chi connectivity index (χ1) is 13.1. The zero-order valence-electron chi connectivity index (χ0n) is 15.3. The van der Waals surface area contributed by atoms with E-state index in [0.29, 0.717) is 24.3 Å². The van der Waals surface area contributed by atoms with Gasteiger partial charge in [-0.15, -0.1) is 11.3 Å². The van der Waals surface area contributed by atoms with Crippen molar-refractivity contribution in [3.63, 3.8) is 0 Å². The molecule has 0 radical (unpaired) electrons. The molecule has 5 nitrogen and oxygen atoms in total. The van der Waals surface area contributed by atoms with E-state index in [-0.39, 0.29) is 11.8 Å². The number of thiazole rings is 1. The number of nitrogens with one attached hydrogen (secondary N) is 1. The van der Waals surface area contributed by atoms with Gasteiger partial charge in [-0.25, -0.2) is 4.98 Å². The molecule has 2 amide bonds. The maximum atomic E-state index is 12.3. The fraction of sp³-hybridized carbons (Fsp3) is 0.190. The first-order valence-corrected chi connectivity index (χ1v) is 9.66. The van der Waals surface area contributed by atoms with Gasteiger partial charge in [0.2, 0.25) is 5.91 Å². The summed E-state index contributed by atoms with van der Waals surface area (Å²) >= 11 is 1.54. The first kappa shape index (κ1) is 18.8. The topological polar surface area (TPSA) is 62.3 Å². The smallest absolute Gasteiger partial charge is 0.253 e. The summed E-state index contributed by atoms with van der Waals surface area (Å²) in [5.74, 6) is -0.245. The van der Waals surface area contributed by atoms with Gasteiger partial charge in [-0.05, 0) is 56.3 Å². The Balaban J connectivity index is 1.62. The van der Waals surface area contributed by atoms with Crippen molar-refractivity contribution in [3.8, 4) is 0 Å².